The van der Waals surface area contributed by atoms with Crippen LogP contribution in [0.1, 0.15) is 46.0 Å². The third kappa shape index (κ3) is 4.70. The molecule has 8 nitrogen and oxygen atoms in total. The summed E-state index contributed by atoms with van der Waals surface area (Å²) in [5, 5.41) is 9.73. The second-order valence-corrected chi connectivity index (χ2v) is 11.6. The van der Waals surface area contributed by atoms with E-state index in [1.54, 1.807) is 39.0 Å². The van der Waals surface area contributed by atoms with Crippen LogP contribution in [-0.4, -0.2) is 82.7 Å². The van der Waals surface area contributed by atoms with Crippen molar-refractivity contribution in [2.75, 3.05) is 37.7 Å². The Hall–Kier alpha value is -2.68. The van der Waals surface area contributed by atoms with Crippen molar-refractivity contribution in [2.24, 2.45) is 11.8 Å². The maximum absolute atomic E-state index is 14.4. The van der Waals surface area contributed by atoms with E-state index in [0.717, 1.165) is 19.3 Å². The average molecular weight is 556 g/mol. The van der Waals surface area contributed by atoms with Crippen LogP contribution in [0, 0.1) is 11.8 Å². The number of halogens is 1. The Bertz CT molecular complexity index is 1170. The molecule has 1 unspecified atom stereocenters. The van der Waals surface area contributed by atoms with Gasteiger partial charge >= 0.3 is 0 Å². The van der Waals surface area contributed by atoms with Crippen molar-refractivity contribution in [3.8, 4) is 0 Å². The van der Waals surface area contributed by atoms with Crippen molar-refractivity contribution in [1.82, 2.24) is 9.80 Å². The summed E-state index contributed by atoms with van der Waals surface area (Å²) in [6.07, 6.45) is 11.5. The quantitative estimate of drug-likeness (QED) is 0.371. The Labute approximate surface area is 235 Å². The minimum atomic E-state index is -1.25. The molecule has 0 bridgehead atoms. The number of carbonyl (C=O) groups is 3. The highest BCUT2D eigenvalue weighted by atomic mass is 35.5. The average Bonchev–Trinajstić information content (AvgIpc) is 3.18. The predicted octanol–water partition coefficient (Wildman–Crippen LogP) is 3.57. The van der Waals surface area contributed by atoms with Crippen molar-refractivity contribution in [3.63, 3.8) is 0 Å². The van der Waals surface area contributed by atoms with E-state index < -0.39 is 29.1 Å². The molecule has 3 amide bonds. The number of rotatable bonds is 9. The molecular formula is C30H38ClN3O5. The van der Waals surface area contributed by atoms with Gasteiger partial charge in [-0.25, -0.2) is 0 Å². The lowest BCUT2D eigenvalue weighted by atomic mass is 9.74. The van der Waals surface area contributed by atoms with Gasteiger partial charge in [-0.05, 0) is 50.5 Å². The van der Waals surface area contributed by atoms with E-state index >= 15 is 0 Å². The Morgan fingerprint density at radius 2 is 1.64 bits per heavy atom. The molecule has 0 saturated carbocycles. The number of aliphatic hydroxyl groups excluding tert-OH is 1. The topological polar surface area (TPSA) is 90.4 Å². The third-order valence-electron chi connectivity index (χ3n) is 8.58. The van der Waals surface area contributed by atoms with Crippen LogP contribution in [-0.2, 0) is 19.1 Å². The van der Waals surface area contributed by atoms with E-state index in [9.17, 15) is 14.4 Å². The molecule has 4 aliphatic rings. The third-order valence-corrected chi connectivity index (χ3v) is 8.83. The van der Waals surface area contributed by atoms with Gasteiger partial charge in [0.25, 0.3) is 5.91 Å². The van der Waals surface area contributed by atoms with Crippen molar-refractivity contribution < 1.29 is 24.2 Å². The Kier molecular flexibility index (Phi) is 7.91. The van der Waals surface area contributed by atoms with Gasteiger partial charge in [-0.2, -0.15) is 0 Å². The molecule has 5 atom stereocenters. The maximum Gasteiger partial charge on any atom is 0.253 e. The lowest BCUT2D eigenvalue weighted by Crippen LogP contribution is -2.56. The van der Waals surface area contributed by atoms with Gasteiger partial charge in [0.1, 0.15) is 11.6 Å². The fraction of sp³-hybridized carbons (Fsp3) is 0.567. The Morgan fingerprint density at radius 1 is 0.923 bits per heavy atom. The summed E-state index contributed by atoms with van der Waals surface area (Å²) in [5.41, 5.74) is -1.58. The van der Waals surface area contributed by atoms with Crippen molar-refractivity contribution >= 4 is 35.0 Å². The van der Waals surface area contributed by atoms with Gasteiger partial charge in [-0.1, -0.05) is 55.7 Å². The number of benzene rings is 1. The normalized spacial score (nSPS) is 31.8. The van der Waals surface area contributed by atoms with Gasteiger partial charge in [0.15, 0.2) is 0 Å². The lowest BCUT2D eigenvalue weighted by molar-refractivity contribution is -0.148. The van der Waals surface area contributed by atoms with Crippen LogP contribution in [0.3, 0.4) is 0 Å². The van der Waals surface area contributed by atoms with Gasteiger partial charge in [-0.15, -0.1) is 0 Å². The number of hydrogen-bond donors (Lipinski definition) is 1. The Morgan fingerprint density at radius 3 is 2.36 bits per heavy atom. The van der Waals surface area contributed by atoms with Crippen LogP contribution < -0.4 is 4.90 Å². The van der Waals surface area contributed by atoms with Crippen molar-refractivity contribution in [1.29, 1.82) is 0 Å². The zero-order valence-corrected chi connectivity index (χ0v) is 23.5. The predicted molar refractivity (Wildman–Crippen MR) is 149 cm³/mol. The molecule has 2 fully saturated rings. The van der Waals surface area contributed by atoms with Crippen molar-refractivity contribution in [3.05, 3.63) is 53.6 Å². The minimum Gasteiger partial charge on any atom is -0.396 e. The highest BCUT2D eigenvalue weighted by molar-refractivity contribution is 6.30. The molecule has 5 rings (SSSR count). The number of fused-ring (bicyclic) bond motifs is 2. The van der Waals surface area contributed by atoms with Crippen molar-refractivity contribution in [2.45, 2.75) is 63.2 Å². The zero-order valence-electron chi connectivity index (χ0n) is 22.7. The number of aliphatic hydroxyl groups is 1. The number of unbranched alkanes of at least 4 members (excludes halogenated alkanes) is 3. The fourth-order valence-electron chi connectivity index (χ4n) is 6.88. The van der Waals surface area contributed by atoms with Gasteiger partial charge in [0, 0.05) is 43.5 Å². The number of ether oxygens (including phenoxy) is 1. The lowest BCUT2D eigenvalue weighted by Gasteiger charge is -2.37. The molecule has 4 aliphatic heterocycles. The number of amides is 3. The second kappa shape index (κ2) is 11.1. The highest BCUT2D eigenvalue weighted by Gasteiger charge is 2.74. The van der Waals surface area contributed by atoms with E-state index in [0.29, 0.717) is 49.7 Å². The first-order valence-corrected chi connectivity index (χ1v) is 14.5. The monoisotopic (exact) mass is 555 g/mol. The van der Waals surface area contributed by atoms with E-state index in [2.05, 4.69) is 0 Å². The first kappa shape index (κ1) is 27.9. The van der Waals surface area contributed by atoms with Crippen LogP contribution in [0.15, 0.2) is 48.6 Å². The summed E-state index contributed by atoms with van der Waals surface area (Å²) in [6, 6.07) is 6.19. The number of hydrogen-bond acceptors (Lipinski definition) is 5. The molecule has 2 saturated heterocycles. The smallest absolute Gasteiger partial charge is 0.253 e. The van der Waals surface area contributed by atoms with Crippen LogP contribution in [0.5, 0.6) is 0 Å². The summed E-state index contributed by atoms with van der Waals surface area (Å²) in [4.78, 5) is 47.8. The molecule has 1 N–H and O–H groups in total. The molecule has 4 heterocycles. The summed E-state index contributed by atoms with van der Waals surface area (Å²) < 4.78 is 6.86. The molecule has 1 spiro atoms. The fourth-order valence-corrected chi connectivity index (χ4v) is 7.01. The number of likely N-dealkylation sites (tertiary alicyclic amines) is 1. The molecule has 39 heavy (non-hydrogen) atoms. The molecule has 1 aromatic carbocycles. The van der Waals surface area contributed by atoms with Gasteiger partial charge in [-0.3, -0.25) is 14.4 Å². The first-order chi connectivity index (χ1) is 18.8. The summed E-state index contributed by atoms with van der Waals surface area (Å²) in [7, 11) is 0. The van der Waals surface area contributed by atoms with Crippen LogP contribution in [0.2, 0.25) is 5.02 Å². The second-order valence-electron chi connectivity index (χ2n) is 11.2. The largest absolute Gasteiger partial charge is 0.396 e. The number of carbonyl (C=O) groups excluding carboxylic acids is 3. The van der Waals surface area contributed by atoms with Gasteiger partial charge in [0.05, 0.1) is 17.4 Å². The highest BCUT2D eigenvalue weighted by Crippen LogP contribution is 2.57. The number of nitrogens with zero attached hydrogens (tertiary/aromatic N) is 3. The standard InChI is InChI=1S/C30H38ClN3O5/c1-3-16-32-17-8-14-29(2)23(26(32)36)24-27(37)34(18-6-4-5-7-20-35)25-28(38)33(19-9-15-30(24,25)39-29)22-12-10-21(31)11-13-22/h8-15,23-25,35H,3-7,16-20H2,1-2H3/t23-,24+,25?,29+,30+/m1/s1. The van der Waals surface area contributed by atoms with E-state index in [-0.39, 0.29) is 24.3 Å². The van der Waals surface area contributed by atoms with Crippen LogP contribution in [0.25, 0.3) is 0 Å². The van der Waals surface area contributed by atoms with Crippen LogP contribution in [0.4, 0.5) is 5.69 Å². The SMILES string of the molecule is CCCN1CC=C[C@]2(C)O[C@]34C=CCN(c5ccc(Cl)cc5)C(=O)C3N(CCCCCCO)C(=O)[C@@H]4[C@@H]2C1=O. The van der Waals surface area contributed by atoms with Gasteiger partial charge < -0.3 is 24.5 Å². The molecule has 210 valence electrons. The first-order valence-electron chi connectivity index (χ1n) is 14.1. The molecule has 1 aromatic rings. The van der Waals surface area contributed by atoms with E-state index in [1.807, 2.05) is 38.2 Å². The van der Waals surface area contributed by atoms with Gasteiger partial charge in [0.2, 0.25) is 11.8 Å². The molecule has 9 heteroatoms. The Balaban J connectivity index is 1.56. The van der Waals surface area contributed by atoms with E-state index in [4.69, 9.17) is 21.4 Å². The summed E-state index contributed by atoms with van der Waals surface area (Å²) in [6.45, 7) is 5.82. The van der Waals surface area contributed by atoms with E-state index in [1.165, 1.54) is 0 Å². The molecular weight excluding hydrogens is 518 g/mol. The van der Waals surface area contributed by atoms with Crippen LogP contribution >= 0.6 is 11.6 Å². The molecule has 0 radical (unpaired) electrons. The molecule has 0 aromatic heterocycles. The number of anilines is 1. The summed E-state index contributed by atoms with van der Waals surface area (Å²) >= 11 is 6.11. The maximum atomic E-state index is 14.4. The summed E-state index contributed by atoms with van der Waals surface area (Å²) in [5.74, 6) is -2.05. The zero-order chi connectivity index (χ0) is 27.8. The molecule has 0 aliphatic carbocycles. The minimum absolute atomic E-state index is 0.0947.